The molecule has 4 aromatic rings. The third kappa shape index (κ3) is 4.08. The van der Waals surface area contributed by atoms with Crippen LogP contribution in [0.1, 0.15) is 33.9 Å². The minimum absolute atomic E-state index is 0.198. The number of nitrogens with zero attached hydrogens (tertiary/aromatic N) is 3. The van der Waals surface area contributed by atoms with Crippen LogP contribution in [0.4, 0.5) is 0 Å². The highest BCUT2D eigenvalue weighted by Gasteiger charge is 2.35. The predicted molar refractivity (Wildman–Crippen MR) is 133 cm³/mol. The lowest BCUT2D eigenvalue weighted by molar-refractivity contribution is 0.0711. The Hall–Kier alpha value is -3.90. The minimum atomic E-state index is -0.402. The summed E-state index contributed by atoms with van der Waals surface area (Å²) in [6.07, 6.45) is 0.502. The van der Waals surface area contributed by atoms with Crippen molar-refractivity contribution in [3.8, 4) is 11.5 Å². The van der Waals surface area contributed by atoms with Crippen LogP contribution in [-0.4, -0.2) is 35.8 Å². The highest BCUT2D eigenvalue weighted by molar-refractivity contribution is 6.30. The second-order valence-corrected chi connectivity index (χ2v) is 8.30. The topological polar surface area (TPSA) is 64.0 Å². The quantitative estimate of drug-likeness (QED) is 0.340. The van der Waals surface area contributed by atoms with Crippen molar-refractivity contribution in [2.75, 3.05) is 14.2 Å². The fourth-order valence-corrected chi connectivity index (χ4v) is 4.39. The third-order valence-corrected chi connectivity index (χ3v) is 6.23. The van der Waals surface area contributed by atoms with Crippen molar-refractivity contribution in [2.24, 2.45) is 5.10 Å². The maximum absolute atomic E-state index is 13.5. The van der Waals surface area contributed by atoms with Gasteiger partial charge in [0, 0.05) is 22.9 Å². The molecule has 7 heteroatoms. The van der Waals surface area contributed by atoms with E-state index in [9.17, 15) is 4.79 Å². The molecule has 34 heavy (non-hydrogen) atoms. The zero-order chi connectivity index (χ0) is 23.7. The van der Waals surface area contributed by atoms with Gasteiger partial charge in [-0.2, -0.15) is 5.10 Å². The average molecular weight is 472 g/mol. The molecule has 3 aromatic carbocycles. The first kappa shape index (κ1) is 21.9. The summed E-state index contributed by atoms with van der Waals surface area (Å²) < 4.78 is 10.6. The van der Waals surface area contributed by atoms with E-state index < -0.39 is 6.04 Å². The number of methoxy groups -OCH3 is 2. The number of hydrogen-bond acceptors (Lipinski definition) is 5. The summed E-state index contributed by atoms with van der Waals surface area (Å²) in [5.41, 5.74) is 3.75. The Bertz CT molecular complexity index is 1390. The van der Waals surface area contributed by atoms with E-state index in [1.807, 2.05) is 66.7 Å². The molecule has 170 valence electrons. The molecule has 0 unspecified atom stereocenters. The van der Waals surface area contributed by atoms with Crippen LogP contribution in [0.5, 0.6) is 11.5 Å². The summed E-state index contributed by atoms with van der Waals surface area (Å²) in [5, 5.41) is 7.49. The molecule has 1 amide bonds. The van der Waals surface area contributed by atoms with Crippen molar-refractivity contribution < 1.29 is 14.3 Å². The summed E-state index contributed by atoms with van der Waals surface area (Å²) in [7, 11) is 3.25. The van der Waals surface area contributed by atoms with Gasteiger partial charge in [-0.1, -0.05) is 29.8 Å². The van der Waals surface area contributed by atoms with Crippen LogP contribution in [0.3, 0.4) is 0 Å². The summed E-state index contributed by atoms with van der Waals surface area (Å²) >= 11 is 6.66. The number of hydrazone groups is 1. The molecule has 6 nitrogen and oxygen atoms in total. The number of amides is 1. The van der Waals surface area contributed by atoms with E-state index in [0.29, 0.717) is 17.1 Å². The van der Waals surface area contributed by atoms with Gasteiger partial charge in [-0.05, 0) is 66.2 Å². The van der Waals surface area contributed by atoms with Crippen LogP contribution in [-0.2, 0) is 0 Å². The Kier molecular flexibility index (Phi) is 5.90. The van der Waals surface area contributed by atoms with Gasteiger partial charge in [0.05, 0.1) is 31.5 Å². The molecular formula is C27H22ClN3O3. The van der Waals surface area contributed by atoms with E-state index in [4.69, 9.17) is 26.2 Å². The third-order valence-electron chi connectivity index (χ3n) is 5.92. The SMILES string of the molecule is COc1ccc(C2=NN(C(=O)c3ccccc3)[C@@H](c3cc4cc(OC)ccc4nc3Cl)C2)cc1. The van der Waals surface area contributed by atoms with E-state index in [2.05, 4.69) is 4.98 Å². The standard InChI is InChI=1S/C27H22ClN3O3/c1-33-20-10-8-17(9-11-20)24-16-25(31(30-24)27(32)18-6-4-3-5-7-18)22-15-19-14-21(34-2)12-13-23(19)29-26(22)28/h3-15,25H,16H2,1-2H3/t25-/m1/s1. The summed E-state index contributed by atoms with van der Waals surface area (Å²) in [4.78, 5) is 18.1. The van der Waals surface area contributed by atoms with E-state index in [0.717, 1.165) is 39.2 Å². The number of rotatable bonds is 5. The molecule has 0 aliphatic carbocycles. The molecule has 0 saturated heterocycles. The number of fused-ring (bicyclic) bond motifs is 1. The summed E-state index contributed by atoms with van der Waals surface area (Å²) in [6, 6.07) is 23.9. The lowest BCUT2D eigenvalue weighted by Gasteiger charge is -2.23. The van der Waals surface area contributed by atoms with Gasteiger partial charge in [-0.25, -0.2) is 9.99 Å². The Morgan fingerprint density at radius 1 is 0.941 bits per heavy atom. The predicted octanol–water partition coefficient (Wildman–Crippen LogP) is 5.90. The smallest absolute Gasteiger partial charge is 0.274 e. The average Bonchev–Trinajstić information content (AvgIpc) is 3.33. The normalized spacial score (nSPS) is 15.3. The molecule has 0 N–H and O–H groups in total. The molecule has 1 aliphatic heterocycles. The lowest BCUT2D eigenvalue weighted by Crippen LogP contribution is -2.27. The van der Waals surface area contributed by atoms with Gasteiger partial charge < -0.3 is 9.47 Å². The van der Waals surface area contributed by atoms with Crippen molar-refractivity contribution in [3.63, 3.8) is 0 Å². The van der Waals surface area contributed by atoms with E-state index >= 15 is 0 Å². The van der Waals surface area contributed by atoms with Crippen molar-refractivity contribution in [2.45, 2.75) is 12.5 Å². The lowest BCUT2D eigenvalue weighted by atomic mass is 9.98. The fourth-order valence-electron chi connectivity index (χ4n) is 4.12. The maximum Gasteiger partial charge on any atom is 0.274 e. The number of aromatic nitrogens is 1. The van der Waals surface area contributed by atoms with Gasteiger partial charge in [0.2, 0.25) is 0 Å². The van der Waals surface area contributed by atoms with E-state index in [1.165, 1.54) is 5.01 Å². The first-order valence-electron chi connectivity index (χ1n) is 10.8. The fraction of sp³-hybridized carbons (Fsp3) is 0.148. The van der Waals surface area contributed by atoms with Gasteiger partial charge in [-0.3, -0.25) is 4.79 Å². The number of hydrogen-bond donors (Lipinski definition) is 0. The molecule has 5 rings (SSSR count). The van der Waals surface area contributed by atoms with Gasteiger partial charge in [0.25, 0.3) is 5.91 Å². The zero-order valence-corrected chi connectivity index (χ0v) is 19.5. The molecule has 0 radical (unpaired) electrons. The van der Waals surface area contributed by atoms with Crippen LogP contribution >= 0.6 is 11.6 Å². The van der Waals surface area contributed by atoms with Gasteiger partial charge >= 0.3 is 0 Å². The Labute approximate surface area is 202 Å². The number of benzene rings is 3. The first-order chi connectivity index (χ1) is 16.6. The van der Waals surface area contributed by atoms with Gasteiger partial charge in [0.1, 0.15) is 16.7 Å². The van der Waals surface area contributed by atoms with Gasteiger partial charge in [0.15, 0.2) is 0 Å². The van der Waals surface area contributed by atoms with Crippen LogP contribution < -0.4 is 9.47 Å². The Morgan fingerprint density at radius 3 is 2.35 bits per heavy atom. The highest BCUT2D eigenvalue weighted by Crippen LogP contribution is 2.38. The molecule has 1 aromatic heterocycles. The minimum Gasteiger partial charge on any atom is -0.497 e. The first-order valence-corrected chi connectivity index (χ1v) is 11.2. The van der Waals surface area contributed by atoms with E-state index in [-0.39, 0.29) is 5.91 Å². The Balaban J connectivity index is 1.59. The number of carbonyl (C=O) groups is 1. The monoisotopic (exact) mass is 471 g/mol. The second-order valence-electron chi connectivity index (χ2n) is 7.94. The van der Waals surface area contributed by atoms with Crippen molar-refractivity contribution >= 4 is 34.1 Å². The zero-order valence-electron chi connectivity index (χ0n) is 18.7. The number of pyridine rings is 1. The van der Waals surface area contributed by atoms with Crippen LogP contribution in [0.2, 0.25) is 5.15 Å². The highest BCUT2D eigenvalue weighted by atomic mass is 35.5. The van der Waals surface area contributed by atoms with Crippen LogP contribution in [0, 0.1) is 0 Å². The van der Waals surface area contributed by atoms with Crippen LogP contribution in [0.15, 0.2) is 84.0 Å². The molecule has 0 saturated carbocycles. The van der Waals surface area contributed by atoms with Gasteiger partial charge in [-0.15, -0.1) is 0 Å². The number of halogens is 1. The molecular weight excluding hydrogens is 450 g/mol. The number of ether oxygens (including phenoxy) is 2. The summed E-state index contributed by atoms with van der Waals surface area (Å²) in [5.74, 6) is 1.28. The molecule has 0 fully saturated rings. The maximum atomic E-state index is 13.5. The van der Waals surface area contributed by atoms with Crippen molar-refractivity contribution in [3.05, 3.63) is 101 Å². The molecule has 0 bridgehead atoms. The van der Waals surface area contributed by atoms with Crippen molar-refractivity contribution in [1.29, 1.82) is 0 Å². The largest absolute Gasteiger partial charge is 0.497 e. The molecule has 1 aliphatic rings. The number of carbonyl (C=O) groups excluding carboxylic acids is 1. The molecule has 0 spiro atoms. The molecule has 2 heterocycles. The molecule has 1 atom stereocenters. The van der Waals surface area contributed by atoms with E-state index in [1.54, 1.807) is 26.4 Å². The van der Waals surface area contributed by atoms with Crippen LogP contribution in [0.25, 0.3) is 10.9 Å². The summed E-state index contributed by atoms with van der Waals surface area (Å²) in [6.45, 7) is 0. The van der Waals surface area contributed by atoms with Crippen molar-refractivity contribution in [1.82, 2.24) is 9.99 Å². The second kappa shape index (κ2) is 9.15. The Morgan fingerprint density at radius 2 is 1.65 bits per heavy atom.